The average Bonchev–Trinajstić information content (AvgIpc) is 2.84. The Morgan fingerprint density at radius 1 is 1.06 bits per heavy atom. The molecule has 0 spiro atoms. The first-order valence-electron chi connectivity index (χ1n) is 11.1. The second-order valence-corrected chi connectivity index (χ2v) is 8.13. The number of hydrogen-bond donors (Lipinski definition) is 3. The molecule has 0 aliphatic heterocycles. The monoisotopic (exact) mass is 431 g/mol. The van der Waals surface area contributed by atoms with Crippen LogP contribution in [0, 0.1) is 0 Å². The van der Waals surface area contributed by atoms with E-state index < -0.39 is 5.97 Å². The van der Waals surface area contributed by atoms with E-state index in [1.165, 1.54) is 49.3 Å². The molecule has 1 aliphatic rings. The minimum Gasteiger partial charge on any atom is -0.506 e. The van der Waals surface area contributed by atoms with E-state index >= 15 is 0 Å². The first kappa shape index (κ1) is 21.7. The molecule has 0 unspecified atom stereocenters. The summed E-state index contributed by atoms with van der Waals surface area (Å²) in [7, 11) is 1.34. The molecule has 0 bridgehead atoms. The number of benzene rings is 3. The van der Waals surface area contributed by atoms with Gasteiger partial charge in [0.15, 0.2) is 5.96 Å². The summed E-state index contributed by atoms with van der Waals surface area (Å²) in [6.45, 7) is 0.487. The second kappa shape index (κ2) is 10.2. The van der Waals surface area contributed by atoms with Crippen molar-refractivity contribution in [1.82, 2.24) is 5.32 Å². The summed E-state index contributed by atoms with van der Waals surface area (Å²) in [5.41, 5.74) is 1.90. The van der Waals surface area contributed by atoms with Gasteiger partial charge >= 0.3 is 5.97 Å². The van der Waals surface area contributed by atoms with Crippen LogP contribution in [0.5, 0.6) is 5.75 Å². The van der Waals surface area contributed by atoms with Crippen molar-refractivity contribution in [2.75, 3.05) is 12.4 Å². The third-order valence-corrected chi connectivity index (χ3v) is 5.90. The van der Waals surface area contributed by atoms with E-state index in [2.05, 4.69) is 34.9 Å². The van der Waals surface area contributed by atoms with Gasteiger partial charge in [0.1, 0.15) is 5.75 Å². The van der Waals surface area contributed by atoms with Gasteiger partial charge in [0.05, 0.1) is 24.9 Å². The summed E-state index contributed by atoms with van der Waals surface area (Å²) in [5, 5.41) is 19.5. The molecule has 0 atom stereocenters. The maximum Gasteiger partial charge on any atom is 0.337 e. The van der Waals surface area contributed by atoms with Gasteiger partial charge < -0.3 is 20.5 Å². The maximum absolute atomic E-state index is 11.9. The number of nitrogens with one attached hydrogen (secondary N) is 2. The molecule has 4 rings (SSSR count). The highest BCUT2D eigenvalue weighted by atomic mass is 16.5. The summed E-state index contributed by atoms with van der Waals surface area (Å²) < 4.78 is 4.81. The summed E-state index contributed by atoms with van der Waals surface area (Å²) in [4.78, 5) is 16.8. The molecule has 3 N–H and O–H groups in total. The number of nitrogens with zero attached hydrogens (tertiary/aromatic N) is 1. The van der Waals surface area contributed by atoms with Gasteiger partial charge in [-0.25, -0.2) is 9.79 Å². The third-order valence-electron chi connectivity index (χ3n) is 5.90. The average molecular weight is 432 g/mol. The van der Waals surface area contributed by atoms with Gasteiger partial charge in [-0.05, 0) is 47.4 Å². The van der Waals surface area contributed by atoms with Crippen molar-refractivity contribution in [2.24, 2.45) is 4.99 Å². The van der Waals surface area contributed by atoms with E-state index in [9.17, 15) is 9.90 Å². The minimum absolute atomic E-state index is 0.0426. The fourth-order valence-electron chi connectivity index (χ4n) is 4.16. The van der Waals surface area contributed by atoms with Gasteiger partial charge in [0.2, 0.25) is 0 Å². The second-order valence-electron chi connectivity index (χ2n) is 8.13. The Bertz CT molecular complexity index is 1120. The molecular formula is C26H29N3O3. The first-order valence-corrected chi connectivity index (χ1v) is 11.1. The lowest BCUT2D eigenvalue weighted by molar-refractivity contribution is 0.0601. The number of ether oxygens (including phenoxy) is 1. The Labute approximate surface area is 188 Å². The lowest BCUT2D eigenvalue weighted by Crippen LogP contribution is -2.40. The molecule has 166 valence electrons. The summed E-state index contributed by atoms with van der Waals surface area (Å²) in [5.74, 6) is 0.172. The van der Waals surface area contributed by atoms with Crippen LogP contribution in [0.2, 0.25) is 0 Å². The maximum atomic E-state index is 11.9. The van der Waals surface area contributed by atoms with Crippen LogP contribution in [0.1, 0.15) is 48.0 Å². The van der Waals surface area contributed by atoms with E-state index in [4.69, 9.17) is 9.73 Å². The van der Waals surface area contributed by atoms with E-state index in [0.717, 1.165) is 18.4 Å². The van der Waals surface area contributed by atoms with Crippen LogP contribution in [0.25, 0.3) is 10.8 Å². The SMILES string of the molecule is COC(=O)c1ccc(O)c(NC(=NCc2cccc3ccccc23)NC2CCCCC2)c1. The molecule has 0 saturated heterocycles. The third kappa shape index (κ3) is 5.19. The molecular weight excluding hydrogens is 402 g/mol. The van der Waals surface area contributed by atoms with Gasteiger partial charge in [-0.3, -0.25) is 0 Å². The van der Waals surface area contributed by atoms with Crippen molar-refractivity contribution < 1.29 is 14.6 Å². The van der Waals surface area contributed by atoms with E-state index in [1.807, 2.05) is 18.2 Å². The quantitative estimate of drug-likeness (QED) is 0.223. The zero-order valence-corrected chi connectivity index (χ0v) is 18.3. The standard InChI is InChI=1S/C26H29N3O3/c1-32-25(31)19-14-15-24(30)23(16-19)29-26(28-21-11-3-2-4-12-21)27-17-20-10-7-9-18-8-5-6-13-22(18)20/h5-10,13-16,21,30H,2-4,11-12,17H2,1H3,(H2,27,28,29). The normalized spacial score (nSPS) is 14.8. The number of esters is 1. The Balaban J connectivity index is 1.62. The Hall–Kier alpha value is -3.54. The number of aromatic hydroxyl groups is 1. The highest BCUT2D eigenvalue weighted by Crippen LogP contribution is 2.25. The number of phenolic OH excluding ortho intramolecular Hbond substituents is 1. The van der Waals surface area contributed by atoms with E-state index in [1.54, 1.807) is 6.07 Å². The van der Waals surface area contributed by atoms with Gasteiger partial charge in [0.25, 0.3) is 0 Å². The van der Waals surface area contributed by atoms with Crippen molar-refractivity contribution in [2.45, 2.75) is 44.7 Å². The predicted molar refractivity (Wildman–Crippen MR) is 128 cm³/mol. The molecule has 0 heterocycles. The number of carbonyl (C=O) groups is 1. The number of rotatable bonds is 5. The first-order chi connectivity index (χ1) is 15.6. The number of carbonyl (C=O) groups excluding carboxylic acids is 1. The number of guanidine groups is 1. The highest BCUT2D eigenvalue weighted by molar-refractivity contribution is 5.98. The van der Waals surface area contributed by atoms with E-state index in [0.29, 0.717) is 29.8 Å². The van der Waals surface area contributed by atoms with E-state index in [-0.39, 0.29) is 5.75 Å². The van der Waals surface area contributed by atoms with Crippen molar-refractivity contribution in [3.63, 3.8) is 0 Å². The highest BCUT2D eigenvalue weighted by Gasteiger charge is 2.17. The number of methoxy groups -OCH3 is 1. The molecule has 1 fully saturated rings. The zero-order chi connectivity index (χ0) is 22.3. The van der Waals surface area contributed by atoms with Crippen molar-refractivity contribution in [3.8, 4) is 5.75 Å². The fraction of sp³-hybridized carbons (Fsp3) is 0.308. The van der Waals surface area contributed by atoms with Gasteiger partial charge in [0, 0.05) is 6.04 Å². The Morgan fingerprint density at radius 3 is 2.66 bits per heavy atom. The summed E-state index contributed by atoms with van der Waals surface area (Å²) >= 11 is 0. The zero-order valence-electron chi connectivity index (χ0n) is 18.3. The molecule has 1 saturated carbocycles. The van der Waals surface area contributed by atoms with Crippen LogP contribution >= 0.6 is 0 Å². The van der Waals surface area contributed by atoms with Crippen LogP contribution in [-0.4, -0.2) is 30.2 Å². The smallest absolute Gasteiger partial charge is 0.337 e. The molecule has 3 aromatic carbocycles. The van der Waals surface area contributed by atoms with Gasteiger partial charge in [-0.1, -0.05) is 61.7 Å². The summed E-state index contributed by atoms with van der Waals surface area (Å²) in [6, 6.07) is 19.4. The number of aliphatic imine (C=N–C) groups is 1. The van der Waals surface area contributed by atoms with Crippen LogP contribution < -0.4 is 10.6 Å². The summed E-state index contributed by atoms with van der Waals surface area (Å²) in [6.07, 6.45) is 5.82. The Kier molecular flexibility index (Phi) is 6.90. The number of phenols is 1. The molecule has 3 aromatic rings. The number of fused-ring (bicyclic) bond motifs is 1. The molecule has 0 radical (unpaired) electrons. The molecule has 6 heteroatoms. The van der Waals surface area contributed by atoms with Crippen LogP contribution in [0.3, 0.4) is 0 Å². The molecule has 1 aliphatic carbocycles. The molecule has 6 nitrogen and oxygen atoms in total. The Morgan fingerprint density at radius 2 is 1.84 bits per heavy atom. The number of hydrogen-bond acceptors (Lipinski definition) is 4. The van der Waals surface area contributed by atoms with Gasteiger partial charge in [-0.15, -0.1) is 0 Å². The lowest BCUT2D eigenvalue weighted by Gasteiger charge is -2.25. The van der Waals surface area contributed by atoms with Crippen molar-refractivity contribution >= 4 is 28.4 Å². The number of anilines is 1. The van der Waals surface area contributed by atoms with Crippen molar-refractivity contribution in [1.29, 1.82) is 0 Å². The molecule has 0 aromatic heterocycles. The van der Waals surface area contributed by atoms with Gasteiger partial charge in [-0.2, -0.15) is 0 Å². The minimum atomic E-state index is -0.456. The fourth-order valence-corrected chi connectivity index (χ4v) is 4.16. The van der Waals surface area contributed by atoms with Crippen LogP contribution in [0.4, 0.5) is 5.69 Å². The topological polar surface area (TPSA) is 83.0 Å². The van der Waals surface area contributed by atoms with Crippen molar-refractivity contribution in [3.05, 3.63) is 71.8 Å². The predicted octanol–water partition coefficient (Wildman–Crippen LogP) is 5.22. The molecule has 0 amide bonds. The lowest BCUT2D eigenvalue weighted by atomic mass is 9.96. The largest absolute Gasteiger partial charge is 0.506 e. The molecule has 32 heavy (non-hydrogen) atoms. The van der Waals surface area contributed by atoms with Crippen LogP contribution in [0.15, 0.2) is 65.7 Å². The van der Waals surface area contributed by atoms with Crippen LogP contribution in [-0.2, 0) is 11.3 Å².